The predicted octanol–water partition coefficient (Wildman–Crippen LogP) is 4.86. The van der Waals surface area contributed by atoms with E-state index in [1.807, 2.05) is 0 Å². The molecule has 23 heavy (non-hydrogen) atoms. The Bertz CT molecular complexity index is 774. The summed E-state index contributed by atoms with van der Waals surface area (Å²) in [6.45, 7) is -3.08. The number of aromatic nitrogens is 2. The molecule has 9 heteroatoms. The number of halogens is 5. The SMILES string of the molecule is C#CCSc1cc(-c2nn(C)c(OC(F)F)c2Cl)c(F)cc1Cl. The van der Waals surface area contributed by atoms with Gasteiger partial charge >= 0.3 is 6.61 Å². The van der Waals surface area contributed by atoms with Gasteiger partial charge in [-0.3, -0.25) is 0 Å². The van der Waals surface area contributed by atoms with Crippen LogP contribution in [0.2, 0.25) is 10.0 Å². The second-order valence-electron chi connectivity index (χ2n) is 4.23. The van der Waals surface area contributed by atoms with E-state index in [9.17, 15) is 13.2 Å². The summed E-state index contributed by atoms with van der Waals surface area (Å²) in [5.74, 6) is 1.71. The van der Waals surface area contributed by atoms with Crippen molar-refractivity contribution < 1.29 is 17.9 Å². The van der Waals surface area contributed by atoms with Crippen LogP contribution in [0.25, 0.3) is 11.3 Å². The molecule has 2 aromatic rings. The minimum absolute atomic E-state index is 0.0126. The van der Waals surface area contributed by atoms with E-state index >= 15 is 0 Å². The Morgan fingerprint density at radius 2 is 2.13 bits per heavy atom. The van der Waals surface area contributed by atoms with Crippen molar-refractivity contribution in [2.45, 2.75) is 11.5 Å². The van der Waals surface area contributed by atoms with Crippen LogP contribution in [0.1, 0.15) is 0 Å². The predicted molar refractivity (Wildman–Crippen MR) is 84.8 cm³/mol. The van der Waals surface area contributed by atoms with Crippen LogP contribution in [0.3, 0.4) is 0 Å². The summed E-state index contributed by atoms with van der Waals surface area (Å²) in [5, 5.41) is 3.90. The largest absolute Gasteiger partial charge is 0.416 e. The van der Waals surface area contributed by atoms with Gasteiger partial charge < -0.3 is 4.74 Å². The molecule has 0 radical (unpaired) electrons. The molecule has 0 bridgehead atoms. The van der Waals surface area contributed by atoms with Crippen molar-refractivity contribution in [1.82, 2.24) is 9.78 Å². The van der Waals surface area contributed by atoms with Gasteiger partial charge in [0.05, 0.1) is 10.8 Å². The van der Waals surface area contributed by atoms with Gasteiger partial charge in [0.2, 0.25) is 5.88 Å². The molecule has 122 valence electrons. The maximum absolute atomic E-state index is 14.2. The first kappa shape index (κ1) is 17.9. The van der Waals surface area contributed by atoms with Crippen molar-refractivity contribution in [3.05, 3.63) is 28.0 Å². The molecule has 0 fully saturated rings. The first-order chi connectivity index (χ1) is 10.8. The number of hydrogen-bond donors (Lipinski definition) is 0. The molecule has 0 unspecified atom stereocenters. The minimum Gasteiger partial charge on any atom is -0.416 e. The summed E-state index contributed by atoms with van der Waals surface area (Å²) in [7, 11) is 1.36. The van der Waals surface area contributed by atoms with Crippen molar-refractivity contribution in [3.8, 4) is 29.5 Å². The highest BCUT2D eigenvalue weighted by atomic mass is 35.5. The first-order valence-electron chi connectivity index (χ1n) is 6.08. The van der Waals surface area contributed by atoms with E-state index in [0.717, 1.165) is 10.7 Å². The fraction of sp³-hybridized carbons (Fsp3) is 0.214. The number of ether oxygens (including phenoxy) is 1. The summed E-state index contributed by atoms with van der Waals surface area (Å²) >= 11 is 13.2. The van der Waals surface area contributed by atoms with E-state index in [-0.39, 0.29) is 27.2 Å². The van der Waals surface area contributed by atoms with Crippen LogP contribution in [-0.2, 0) is 7.05 Å². The standard InChI is InChI=1S/C14H9Cl2F3N2OS/c1-3-4-23-10-5-7(9(17)6-8(10)15)12-11(16)13(21(2)20-12)22-14(18)19/h1,5-6,14H,4H2,2H3. The van der Waals surface area contributed by atoms with Crippen molar-refractivity contribution in [2.75, 3.05) is 5.75 Å². The lowest BCUT2D eigenvalue weighted by molar-refractivity contribution is -0.0552. The summed E-state index contributed by atoms with van der Waals surface area (Å²) in [6.07, 6.45) is 5.19. The number of benzene rings is 1. The molecule has 1 heterocycles. The minimum atomic E-state index is -3.08. The second kappa shape index (κ2) is 7.39. The Hall–Kier alpha value is -1.49. The molecule has 1 aromatic heterocycles. The number of hydrogen-bond acceptors (Lipinski definition) is 3. The summed E-state index contributed by atoms with van der Waals surface area (Å²) in [5.41, 5.74) is -0.0137. The van der Waals surface area contributed by atoms with Crippen molar-refractivity contribution in [3.63, 3.8) is 0 Å². The van der Waals surface area contributed by atoms with E-state index in [4.69, 9.17) is 29.6 Å². The summed E-state index contributed by atoms with van der Waals surface area (Å²) in [4.78, 5) is 0.527. The van der Waals surface area contributed by atoms with Crippen LogP contribution < -0.4 is 4.74 Å². The van der Waals surface area contributed by atoms with Gasteiger partial charge in [-0.25, -0.2) is 9.07 Å². The molecule has 0 aliphatic carbocycles. The Morgan fingerprint density at radius 3 is 2.74 bits per heavy atom. The third-order valence-corrected chi connectivity index (χ3v) is 4.45. The van der Waals surface area contributed by atoms with Gasteiger partial charge in [-0.05, 0) is 12.1 Å². The molecular weight excluding hydrogens is 372 g/mol. The van der Waals surface area contributed by atoms with Crippen LogP contribution in [0, 0.1) is 18.2 Å². The highest BCUT2D eigenvalue weighted by molar-refractivity contribution is 7.99. The van der Waals surface area contributed by atoms with Crippen molar-refractivity contribution in [1.29, 1.82) is 0 Å². The van der Waals surface area contributed by atoms with Crippen LogP contribution in [0.4, 0.5) is 13.2 Å². The van der Waals surface area contributed by atoms with E-state index in [2.05, 4.69) is 15.8 Å². The highest BCUT2D eigenvalue weighted by Crippen LogP contribution is 2.39. The number of aryl methyl sites for hydroxylation is 1. The Morgan fingerprint density at radius 1 is 1.43 bits per heavy atom. The van der Waals surface area contributed by atoms with Gasteiger partial charge in [0, 0.05) is 17.5 Å². The molecule has 0 N–H and O–H groups in total. The Kier molecular flexibility index (Phi) is 5.74. The maximum Gasteiger partial charge on any atom is 0.388 e. The van der Waals surface area contributed by atoms with Gasteiger partial charge in [-0.2, -0.15) is 13.9 Å². The lowest BCUT2D eigenvalue weighted by Crippen LogP contribution is -2.06. The van der Waals surface area contributed by atoms with Crippen LogP contribution in [-0.4, -0.2) is 22.1 Å². The van der Waals surface area contributed by atoms with Crippen molar-refractivity contribution in [2.24, 2.45) is 7.05 Å². The molecular formula is C14H9Cl2F3N2OS. The number of nitrogens with zero attached hydrogens (tertiary/aromatic N) is 2. The average molecular weight is 381 g/mol. The summed E-state index contributed by atoms with van der Waals surface area (Å²) in [6, 6.07) is 2.51. The number of alkyl halides is 2. The van der Waals surface area contributed by atoms with Crippen molar-refractivity contribution >= 4 is 35.0 Å². The zero-order valence-corrected chi connectivity index (χ0v) is 13.9. The third kappa shape index (κ3) is 3.89. The first-order valence-corrected chi connectivity index (χ1v) is 7.82. The van der Waals surface area contributed by atoms with Gasteiger partial charge in [-0.15, -0.1) is 18.2 Å². The number of rotatable bonds is 5. The van der Waals surface area contributed by atoms with E-state index < -0.39 is 12.4 Å². The zero-order valence-electron chi connectivity index (χ0n) is 11.6. The normalized spacial score (nSPS) is 10.9. The molecule has 1 aromatic carbocycles. The molecule has 0 amide bonds. The monoisotopic (exact) mass is 380 g/mol. The smallest absolute Gasteiger partial charge is 0.388 e. The Balaban J connectivity index is 2.52. The fourth-order valence-electron chi connectivity index (χ4n) is 1.81. The molecule has 0 saturated carbocycles. The number of thioether (sulfide) groups is 1. The topological polar surface area (TPSA) is 27.1 Å². The van der Waals surface area contributed by atoms with Crippen LogP contribution in [0.15, 0.2) is 17.0 Å². The third-order valence-electron chi connectivity index (χ3n) is 2.73. The van der Waals surface area contributed by atoms with E-state index in [0.29, 0.717) is 10.6 Å². The maximum atomic E-state index is 14.2. The quantitative estimate of drug-likeness (QED) is 0.547. The average Bonchev–Trinajstić information content (AvgIpc) is 2.74. The Labute approximate surface area is 144 Å². The molecule has 0 aliphatic heterocycles. The van der Waals surface area contributed by atoms with Gasteiger partial charge in [0.1, 0.15) is 16.5 Å². The summed E-state index contributed by atoms with van der Waals surface area (Å²) < 4.78 is 44.3. The molecule has 0 atom stereocenters. The molecule has 0 aliphatic rings. The lowest BCUT2D eigenvalue weighted by Gasteiger charge is -2.07. The molecule has 3 nitrogen and oxygen atoms in total. The van der Waals surface area contributed by atoms with Crippen LogP contribution >= 0.6 is 35.0 Å². The molecule has 0 saturated heterocycles. The second-order valence-corrected chi connectivity index (χ2v) is 6.03. The lowest BCUT2D eigenvalue weighted by atomic mass is 10.1. The number of terminal acetylenes is 1. The van der Waals surface area contributed by atoms with Crippen LogP contribution in [0.5, 0.6) is 5.88 Å². The van der Waals surface area contributed by atoms with E-state index in [1.165, 1.54) is 24.9 Å². The van der Waals surface area contributed by atoms with Gasteiger partial charge in [0.15, 0.2) is 0 Å². The zero-order chi connectivity index (χ0) is 17.1. The highest BCUT2D eigenvalue weighted by Gasteiger charge is 2.23. The van der Waals surface area contributed by atoms with E-state index in [1.54, 1.807) is 0 Å². The molecule has 2 rings (SSSR count). The molecule has 0 spiro atoms. The van der Waals surface area contributed by atoms with Gasteiger partial charge in [0.25, 0.3) is 0 Å². The fourth-order valence-corrected chi connectivity index (χ4v) is 3.07. The van der Waals surface area contributed by atoms with Gasteiger partial charge in [-0.1, -0.05) is 29.1 Å².